The summed E-state index contributed by atoms with van der Waals surface area (Å²) >= 11 is 0. The molecule has 0 saturated carbocycles. The Labute approximate surface area is 106 Å². The van der Waals surface area contributed by atoms with Gasteiger partial charge in [-0.2, -0.15) is 0 Å². The quantitative estimate of drug-likeness (QED) is 0.751. The molecule has 100 valence electrons. The normalized spacial score (nSPS) is 10.9. The first-order valence-electron chi connectivity index (χ1n) is 5.21. The molecule has 1 aromatic heterocycles. The van der Waals surface area contributed by atoms with Crippen molar-refractivity contribution < 1.29 is 17.9 Å². The maximum atomic E-state index is 11.6. The molecule has 0 aliphatic heterocycles. The van der Waals surface area contributed by atoms with Crippen molar-refractivity contribution in [3.05, 3.63) is 30.1 Å². The van der Waals surface area contributed by atoms with Gasteiger partial charge in [-0.15, -0.1) is 0 Å². The second kappa shape index (κ2) is 6.92. The molecule has 0 atom stereocenters. The third-order valence-corrected chi connectivity index (χ3v) is 3.37. The topological polar surface area (TPSA) is 97.4 Å². The Hall–Kier alpha value is -1.67. The second-order valence-corrected chi connectivity index (χ2v) is 5.35. The Morgan fingerprint density at radius 3 is 2.89 bits per heavy atom. The van der Waals surface area contributed by atoms with Crippen LogP contribution in [0.5, 0.6) is 0 Å². The van der Waals surface area contributed by atoms with Crippen LogP contribution in [0.3, 0.4) is 0 Å². The highest BCUT2D eigenvalue weighted by molar-refractivity contribution is 7.89. The molecule has 0 aromatic carbocycles. The highest BCUT2D eigenvalue weighted by Gasteiger charge is 2.10. The van der Waals surface area contributed by atoms with E-state index in [1.165, 1.54) is 7.11 Å². The first-order valence-corrected chi connectivity index (χ1v) is 6.87. The molecule has 18 heavy (non-hydrogen) atoms. The first kappa shape index (κ1) is 14.4. The summed E-state index contributed by atoms with van der Waals surface area (Å²) in [5.41, 5.74) is 0.766. The number of ether oxygens (including phenoxy) is 1. The van der Waals surface area contributed by atoms with Crippen LogP contribution in [0.2, 0.25) is 0 Å². The van der Waals surface area contributed by atoms with Gasteiger partial charge in [0.05, 0.1) is 12.9 Å². The number of rotatable bonds is 6. The summed E-state index contributed by atoms with van der Waals surface area (Å²) in [5, 5.41) is 2.29. The first-order chi connectivity index (χ1) is 8.53. The smallest absolute Gasteiger partial charge is 0.406 e. The summed E-state index contributed by atoms with van der Waals surface area (Å²) < 4.78 is 29.8. The van der Waals surface area contributed by atoms with E-state index in [1.54, 1.807) is 24.5 Å². The molecule has 0 unspecified atom stereocenters. The summed E-state index contributed by atoms with van der Waals surface area (Å²) in [5.74, 6) is -0.206. The largest absolute Gasteiger partial charge is 0.453 e. The minimum atomic E-state index is -3.43. The molecule has 7 nitrogen and oxygen atoms in total. The summed E-state index contributed by atoms with van der Waals surface area (Å²) in [6.07, 6.45) is 2.53. The molecule has 0 fully saturated rings. The van der Waals surface area contributed by atoms with Gasteiger partial charge >= 0.3 is 6.09 Å². The van der Waals surface area contributed by atoms with E-state index in [1.807, 2.05) is 0 Å². The van der Waals surface area contributed by atoms with Crippen molar-refractivity contribution in [3.8, 4) is 0 Å². The predicted molar refractivity (Wildman–Crippen MR) is 65.3 cm³/mol. The van der Waals surface area contributed by atoms with Crippen molar-refractivity contribution in [1.29, 1.82) is 0 Å². The van der Waals surface area contributed by atoms with Gasteiger partial charge < -0.3 is 10.1 Å². The molecular weight excluding hydrogens is 258 g/mol. The minimum Gasteiger partial charge on any atom is -0.453 e. The average molecular weight is 273 g/mol. The number of sulfonamides is 1. The van der Waals surface area contributed by atoms with E-state index in [2.05, 4.69) is 19.8 Å². The van der Waals surface area contributed by atoms with Crippen LogP contribution < -0.4 is 10.0 Å². The Balaban J connectivity index is 2.34. The fraction of sp³-hybridized carbons (Fsp3) is 0.400. The molecule has 1 aromatic rings. The van der Waals surface area contributed by atoms with Crippen LogP contribution in [-0.4, -0.2) is 38.9 Å². The standard InChI is InChI=1S/C10H15N3O4S/c1-17-10(14)12-5-6-18(15,16)13-8-9-3-2-4-11-7-9/h2-4,7,13H,5-6,8H2,1H3,(H,12,14). The van der Waals surface area contributed by atoms with E-state index in [-0.39, 0.29) is 18.8 Å². The highest BCUT2D eigenvalue weighted by Crippen LogP contribution is 1.96. The number of nitrogens with one attached hydrogen (secondary N) is 2. The predicted octanol–water partition coefficient (Wildman–Crippen LogP) is -0.143. The molecule has 0 aliphatic rings. The monoisotopic (exact) mass is 273 g/mol. The van der Waals surface area contributed by atoms with E-state index < -0.39 is 16.1 Å². The lowest BCUT2D eigenvalue weighted by atomic mass is 10.3. The number of hydrogen-bond donors (Lipinski definition) is 2. The van der Waals surface area contributed by atoms with E-state index in [4.69, 9.17) is 0 Å². The summed E-state index contributed by atoms with van der Waals surface area (Å²) in [7, 11) is -2.22. The zero-order valence-electron chi connectivity index (χ0n) is 9.92. The molecule has 2 N–H and O–H groups in total. The van der Waals surface area contributed by atoms with Crippen LogP contribution in [0.1, 0.15) is 5.56 Å². The van der Waals surface area contributed by atoms with Crippen LogP contribution in [0, 0.1) is 0 Å². The molecule has 0 aliphatic carbocycles. The average Bonchev–Trinajstić information content (AvgIpc) is 2.37. The molecule has 0 bridgehead atoms. The van der Waals surface area contributed by atoms with Crippen molar-refractivity contribution in [2.75, 3.05) is 19.4 Å². The second-order valence-electron chi connectivity index (χ2n) is 3.42. The molecule has 0 spiro atoms. The van der Waals surface area contributed by atoms with Crippen LogP contribution in [0.25, 0.3) is 0 Å². The number of carbonyl (C=O) groups is 1. The molecular formula is C10H15N3O4S. The lowest BCUT2D eigenvalue weighted by molar-refractivity contribution is 0.172. The van der Waals surface area contributed by atoms with Gasteiger partial charge in [0.1, 0.15) is 0 Å². The van der Waals surface area contributed by atoms with Crippen molar-refractivity contribution >= 4 is 16.1 Å². The molecule has 8 heteroatoms. The zero-order chi connectivity index (χ0) is 13.4. The lowest BCUT2D eigenvalue weighted by Gasteiger charge is -2.07. The third kappa shape index (κ3) is 5.60. The summed E-state index contributed by atoms with van der Waals surface area (Å²) in [6, 6.07) is 3.49. The summed E-state index contributed by atoms with van der Waals surface area (Å²) in [6.45, 7) is 0.170. The van der Waals surface area contributed by atoms with Gasteiger partial charge in [0, 0.05) is 25.5 Å². The van der Waals surface area contributed by atoms with Crippen molar-refractivity contribution in [2.24, 2.45) is 0 Å². The minimum absolute atomic E-state index is 0.00491. The van der Waals surface area contributed by atoms with E-state index in [0.717, 1.165) is 5.56 Å². The molecule has 1 amide bonds. The Bertz CT molecular complexity index is 475. The van der Waals surface area contributed by atoms with Gasteiger partial charge in [0.2, 0.25) is 10.0 Å². The van der Waals surface area contributed by atoms with Crippen LogP contribution in [-0.2, 0) is 21.3 Å². The maximum Gasteiger partial charge on any atom is 0.406 e. The van der Waals surface area contributed by atoms with Crippen LogP contribution in [0.15, 0.2) is 24.5 Å². The number of pyridine rings is 1. The fourth-order valence-electron chi connectivity index (χ4n) is 1.13. The lowest BCUT2D eigenvalue weighted by Crippen LogP contribution is -2.34. The van der Waals surface area contributed by atoms with Gasteiger partial charge in [-0.05, 0) is 11.6 Å². The van der Waals surface area contributed by atoms with Gasteiger partial charge in [-0.3, -0.25) is 4.98 Å². The van der Waals surface area contributed by atoms with Gasteiger partial charge in [-0.1, -0.05) is 6.07 Å². The van der Waals surface area contributed by atoms with E-state index >= 15 is 0 Å². The highest BCUT2D eigenvalue weighted by atomic mass is 32.2. The Kier molecular flexibility index (Phi) is 5.53. The van der Waals surface area contributed by atoms with Gasteiger partial charge in [0.25, 0.3) is 0 Å². The Morgan fingerprint density at radius 1 is 1.50 bits per heavy atom. The van der Waals surface area contributed by atoms with Crippen molar-refractivity contribution in [1.82, 2.24) is 15.0 Å². The number of amides is 1. The molecule has 0 radical (unpaired) electrons. The number of hydrogen-bond acceptors (Lipinski definition) is 5. The number of aromatic nitrogens is 1. The SMILES string of the molecule is COC(=O)NCCS(=O)(=O)NCc1cccnc1. The zero-order valence-corrected chi connectivity index (χ0v) is 10.7. The van der Waals surface area contributed by atoms with Crippen molar-refractivity contribution in [2.45, 2.75) is 6.54 Å². The summed E-state index contributed by atoms with van der Waals surface area (Å²) in [4.78, 5) is 14.6. The number of methoxy groups -OCH3 is 1. The fourth-order valence-corrected chi connectivity index (χ4v) is 2.03. The third-order valence-electron chi connectivity index (χ3n) is 2.04. The van der Waals surface area contributed by atoms with Gasteiger partial charge in [-0.25, -0.2) is 17.9 Å². The van der Waals surface area contributed by atoms with E-state index in [0.29, 0.717) is 0 Å². The molecule has 1 rings (SSSR count). The maximum absolute atomic E-state index is 11.6. The number of nitrogens with zero attached hydrogens (tertiary/aromatic N) is 1. The molecule has 0 saturated heterocycles. The number of alkyl carbamates (subject to hydrolysis) is 1. The Morgan fingerprint density at radius 2 is 2.28 bits per heavy atom. The van der Waals surface area contributed by atoms with Gasteiger partial charge in [0.15, 0.2) is 0 Å². The van der Waals surface area contributed by atoms with Crippen LogP contribution in [0.4, 0.5) is 4.79 Å². The van der Waals surface area contributed by atoms with Crippen LogP contribution >= 0.6 is 0 Å². The number of carbonyl (C=O) groups excluding carboxylic acids is 1. The van der Waals surface area contributed by atoms with Crippen molar-refractivity contribution in [3.63, 3.8) is 0 Å². The molecule has 1 heterocycles. The van der Waals surface area contributed by atoms with E-state index in [9.17, 15) is 13.2 Å².